The SMILES string of the molecule is Cl.FC1(F)CC2NCCOC2C1. The minimum absolute atomic E-state index is 0. The van der Waals surface area contributed by atoms with Gasteiger partial charge < -0.3 is 10.1 Å². The van der Waals surface area contributed by atoms with Crippen molar-refractivity contribution in [3.05, 3.63) is 0 Å². The maximum atomic E-state index is 12.7. The Morgan fingerprint density at radius 2 is 2.08 bits per heavy atom. The van der Waals surface area contributed by atoms with Crippen molar-refractivity contribution in [3.63, 3.8) is 0 Å². The average Bonchev–Trinajstić information content (AvgIpc) is 2.21. The van der Waals surface area contributed by atoms with Crippen molar-refractivity contribution in [2.24, 2.45) is 0 Å². The van der Waals surface area contributed by atoms with Gasteiger partial charge in [-0.25, -0.2) is 8.78 Å². The fourth-order valence-corrected chi connectivity index (χ4v) is 1.81. The second-order valence-electron chi connectivity index (χ2n) is 3.23. The van der Waals surface area contributed by atoms with Crippen LogP contribution in [-0.2, 0) is 4.74 Å². The van der Waals surface area contributed by atoms with Crippen molar-refractivity contribution < 1.29 is 13.5 Å². The Morgan fingerprint density at radius 3 is 2.75 bits per heavy atom. The predicted molar refractivity (Wildman–Crippen MR) is 43.0 cm³/mol. The van der Waals surface area contributed by atoms with Crippen molar-refractivity contribution >= 4 is 12.4 Å². The molecule has 1 N–H and O–H groups in total. The van der Waals surface area contributed by atoms with Gasteiger partial charge in [0.05, 0.1) is 12.7 Å². The van der Waals surface area contributed by atoms with E-state index < -0.39 is 5.92 Å². The molecule has 0 aromatic heterocycles. The first kappa shape index (κ1) is 10.2. The van der Waals surface area contributed by atoms with Gasteiger partial charge in [0.1, 0.15) is 0 Å². The van der Waals surface area contributed by atoms with Crippen LogP contribution in [0.2, 0.25) is 0 Å². The summed E-state index contributed by atoms with van der Waals surface area (Å²) in [5, 5.41) is 3.03. The van der Waals surface area contributed by atoms with E-state index in [1.165, 1.54) is 0 Å². The zero-order valence-electron chi connectivity index (χ0n) is 6.56. The molecule has 0 amide bonds. The predicted octanol–water partition coefficient (Wildman–Crippen LogP) is 1.19. The van der Waals surface area contributed by atoms with E-state index in [2.05, 4.69) is 5.32 Å². The van der Waals surface area contributed by atoms with Crippen LogP contribution in [0, 0.1) is 0 Å². The topological polar surface area (TPSA) is 21.3 Å². The van der Waals surface area contributed by atoms with Crippen molar-refractivity contribution in [2.45, 2.75) is 30.9 Å². The number of morpholine rings is 1. The number of alkyl halides is 2. The summed E-state index contributed by atoms with van der Waals surface area (Å²) in [7, 11) is 0. The Hall–Kier alpha value is 0.0700. The second kappa shape index (κ2) is 3.44. The summed E-state index contributed by atoms with van der Waals surface area (Å²) in [4.78, 5) is 0. The van der Waals surface area contributed by atoms with Gasteiger partial charge in [0.2, 0.25) is 0 Å². The van der Waals surface area contributed by atoms with E-state index in [0.717, 1.165) is 0 Å². The van der Waals surface area contributed by atoms with Crippen LogP contribution >= 0.6 is 12.4 Å². The van der Waals surface area contributed by atoms with E-state index >= 15 is 0 Å². The Kier molecular flexibility index (Phi) is 2.91. The maximum Gasteiger partial charge on any atom is 0.252 e. The third-order valence-corrected chi connectivity index (χ3v) is 2.31. The van der Waals surface area contributed by atoms with E-state index in [1.807, 2.05) is 0 Å². The summed E-state index contributed by atoms with van der Waals surface area (Å²) in [6, 6.07) is -0.112. The van der Waals surface area contributed by atoms with Gasteiger partial charge >= 0.3 is 0 Å². The standard InChI is InChI=1S/C7H11F2NO.ClH/c8-7(9)3-5-6(4-7)11-2-1-10-5;/h5-6,10H,1-4H2;1H. The summed E-state index contributed by atoms with van der Waals surface area (Å²) < 4.78 is 30.6. The van der Waals surface area contributed by atoms with Gasteiger partial charge in [0, 0.05) is 25.4 Å². The van der Waals surface area contributed by atoms with E-state index in [1.54, 1.807) is 0 Å². The minimum Gasteiger partial charge on any atom is -0.375 e. The van der Waals surface area contributed by atoms with Gasteiger partial charge in [-0.2, -0.15) is 0 Å². The van der Waals surface area contributed by atoms with Crippen molar-refractivity contribution in [1.82, 2.24) is 5.32 Å². The molecular formula is C7H12ClF2NO. The third kappa shape index (κ3) is 1.87. The molecule has 2 nitrogen and oxygen atoms in total. The van der Waals surface area contributed by atoms with Crippen LogP contribution in [0.25, 0.3) is 0 Å². The lowest BCUT2D eigenvalue weighted by Crippen LogP contribution is -2.44. The molecule has 1 aliphatic carbocycles. The number of hydrogen-bond acceptors (Lipinski definition) is 2. The van der Waals surface area contributed by atoms with Crippen molar-refractivity contribution in [2.75, 3.05) is 13.2 Å². The van der Waals surface area contributed by atoms with Gasteiger partial charge in [-0.15, -0.1) is 12.4 Å². The molecule has 1 aliphatic heterocycles. The lowest BCUT2D eigenvalue weighted by molar-refractivity contribution is -0.0234. The monoisotopic (exact) mass is 199 g/mol. The summed E-state index contributed by atoms with van der Waals surface area (Å²) in [6.07, 6.45) is -0.416. The van der Waals surface area contributed by atoms with E-state index in [4.69, 9.17) is 4.74 Å². The fourth-order valence-electron chi connectivity index (χ4n) is 1.81. The molecule has 2 fully saturated rings. The summed E-state index contributed by atoms with van der Waals surface area (Å²) in [5.41, 5.74) is 0. The molecule has 0 bridgehead atoms. The van der Waals surface area contributed by atoms with Gasteiger partial charge in [0.15, 0.2) is 0 Å². The van der Waals surface area contributed by atoms with Crippen molar-refractivity contribution in [1.29, 1.82) is 0 Å². The van der Waals surface area contributed by atoms with E-state index in [9.17, 15) is 8.78 Å². The van der Waals surface area contributed by atoms with Crippen LogP contribution < -0.4 is 5.32 Å². The third-order valence-electron chi connectivity index (χ3n) is 2.31. The first-order valence-electron chi connectivity index (χ1n) is 3.90. The molecule has 1 saturated heterocycles. The lowest BCUT2D eigenvalue weighted by Gasteiger charge is -2.25. The smallest absolute Gasteiger partial charge is 0.252 e. The highest BCUT2D eigenvalue weighted by Crippen LogP contribution is 2.37. The van der Waals surface area contributed by atoms with Crippen LogP contribution in [0.3, 0.4) is 0 Å². The average molecular weight is 200 g/mol. The Labute approximate surface area is 76.1 Å². The number of halogens is 3. The van der Waals surface area contributed by atoms with Gasteiger partial charge in [-0.05, 0) is 0 Å². The Morgan fingerprint density at radius 1 is 1.33 bits per heavy atom. The highest BCUT2D eigenvalue weighted by atomic mass is 35.5. The summed E-state index contributed by atoms with van der Waals surface area (Å²) >= 11 is 0. The van der Waals surface area contributed by atoms with Gasteiger partial charge in [-0.1, -0.05) is 0 Å². The molecule has 2 unspecified atom stereocenters. The maximum absolute atomic E-state index is 12.7. The minimum atomic E-state index is -2.51. The molecule has 0 radical (unpaired) electrons. The highest BCUT2D eigenvalue weighted by molar-refractivity contribution is 5.85. The van der Waals surface area contributed by atoms with Crippen LogP contribution in [0.5, 0.6) is 0 Å². The fraction of sp³-hybridized carbons (Fsp3) is 1.00. The van der Waals surface area contributed by atoms with E-state index in [-0.39, 0.29) is 37.4 Å². The molecule has 1 saturated carbocycles. The molecule has 1 heterocycles. The molecule has 2 rings (SSSR count). The number of fused-ring (bicyclic) bond motifs is 1. The largest absolute Gasteiger partial charge is 0.375 e. The molecule has 2 atom stereocenters. The van der Waals surface area contributed by atoms with Crippen molar-refractivity contribution in [3.8, 4) is 0 Å². The number of rotatable bonds is 0. The molecule has 5 heteroatoms. The summed E-state index contributed by atoms with van der Waals surface area (Å²) in [5.74, 6) is -2.51. The Balaban J connectivity index is 0.000000720. The first-order valence-corrected chi connectivity index (χ1v) is 3.90. The first-order chi connectivity index (χ1) is 5.17. The van der Waals surface area contributed by atoms with Gasteiger partial charge in [0.25, 0.3) is 5.92 Å². The normalized spacial score (nSPS) is 38.5. The number of ether oxygens (including phenoxy) is 1. The summed E-state index contributed by atoms with van der Waals surface area (Å²) in [6.45, 7) is 1.27. The zero-order chi connectivity index (χ0) is 7.90. The molecule has 0 spiro atoms. The molecular weight excluding hydrogens is 188 g/mol. The molecule has 72 valence electrons. The van der Waals surface area contributed by atoms with Crippen LogP contribution in [0.4, 0.5) is 8.78 Å². The molecule has 0 aromatic rings. The molecule has 2 aliphatic rings. The zero-order valence-corrected chi connectivity index (χ0v) is 7.37. The lowest BCUT2D eigenvalue weighted by atomic mass is 10.2. The number of hydrogen-bond donors (Lipinski definition) is 1. The van der Waals surface area contributed by atoms with Gasteiger partial charge in [-0.3, -0.25) is 0 Å². The Bertz CT molecular complexity index is 151. The molecule has 0 aromatic carbocycles. The second-order valence-corrected chi connectivity index (χ2v) is 3.23. The van der Waals surface area contributed by atoms with Crippen LogP contribution in [0.15, 0.2) is 0 Å². The highest BCUT2D eigenvalue weighted by Gasteiger charge is 2.47. The van der Waals surface area contributed by atoms with E-state index in [0.29, 0.717) is 13.2 Å². The van der Waals surface area contributed by atoms with Crippen LogP contribution in [-0.4, -0.2) is 31.2 Å². The molecule has 12 heavy (non-hydrogen) atoms. The number of nitrogens with one attached hydrogen (secondary N) is 1. The quantitative estimate of drug-likeness (QED) is 0.633. The van der Waals surface area contributed by atoms with Crippen LogP contribution in [0.1, 0.15) is 12.8 Å².